The van der Waals surface area contributed by atoms with Gasteiger partial charge in [-0.2, -0.15) is 0 Å². The molecule has 5 heteroatoms. The van der Waals surface area contributed by atoms with Crippen molar-refractivity contribution >= 4 is 11.9 Å². The molecule has 1 unspecified atom stereocenters. The van der Waals surface area contributed by atoms with Crippen molar-refractivity contribution in [3.63, 3.8) is 0 Å². The number of carboxylic acids is 1. The van der Waals surface area contributed by atoms with Gasteiger partial charge in [0, 0.05) is 19.6 Å². The van der Waals surface area contributed by atoms with E-state index in [0.29, 0.717) is 19.1 Å². The number of carboxylic acid groups (broad SMARTS) is 1. The minimum Gasteiger partial charge on any atom is -0.481 e. The highest BCUT2D eigenvalue weighted by Crippen LogP contribution is 2.16. The normalized spacial score (nSPS) is 20.9. The first-order valence-corrected chi connectivity index (χ1v) is 6.60. The summed E-state index contributed by atoms with van der Waals surface area (Å²) in [7, 11) is 0. The number of carbonyl (C=O) groups is 2. The first-order valence-electron chi connectivity index (χ1n) is 6.60. The zero-order valence-corrected chi connectivity index (χ0v) is 11.1. The molecule has 0 spiro atoms. The quantitative estimate of drug-likeness (QED) is 0.723. The fraction of sp³-hybridized carbons (Fsp3) is 0.846. The van der Waals surface area contributed by atoms with Gasteiger partial charge in [-0.25, -0.2) is 0 Å². The average Bonchev–Trinajstić information content (AvgIpc) is 2.77. The van der Waals surface area contributed by atoms with Crippen LogP contribution >= 0.6 is 0 Å². The van der Waals surface area contributed by atoms with Crippen molar-refractivity contribution in [2.75, 3.05) is 13.2 Å². The van der Waals surface area contributed by atoms with E-state index in [1.54, 1.807) is 0 Å². The Morgan fingerprint density at radius 3 is 2.67 bits per heavy atom. The Morgan fingerprint density at radius 2 is 2.17 bits per heavy atom. The van der Waals surface area contributed by atoms with Crippen molar-refractivity contribution in [1.82, 2.24) is 5.32 Å². The predicted octanol–water partition coefficient (Wildman–Crippen LogP) is 1.42. The fourth-order valence-corrected chi connectivity index (χ4v) is 2.30. The van der Waals surface area contributed by atoms with Crippen LogP contribution in [0.15, 0.2) is 0 Å². The van der Waals surface area contributed by atoms with Crippen LogP contribution in [-0.2, 0) is 14.3 Å². The summed E-state index contributed by atoms with van der Waals surface area (Å²) in [5.74, 6) is -0.500. The van der Waals surface area contributed by atoms with Gasteiger partial charge in [0.15, 0.2) is 0 Å². The lowest BCUT2D eigenvalue weighted by Crippen LogP contribution is -2.37. The van der Waals surface area contributed by atoms with E-state index in [1.165, 1.54) is 0 Å². The maximum Gasteiger partial charge on any atom is 0.303 e. The Labute approximate surface area is 108 Å². The van der Waals surface area contributed by atoms with Crippen molar-refractivity contribution in [2.45, 2.75) is 45.6 Å². The summed E-state index contributed by atoms with van der Waals surface area (Å²) < 4.78 is 5.28. The highest BCUT2D eigenvalue weighted by molar-refractivity contribution is 5.81. The summed E-state index contributed by atoms with van der Waals surface area (Å²) >= 11 is 0. The van der Waals surface area contributed by atoms with Crippen LogP contribution in [0.3, 0.4) is 0 Å². The van der Waals surface area contributed by atoms with Crippen molar-refractivity contribution in [1.29, 1.82) is 0 Å². The predicted molar refractivity (Wildman–Crippen MR) is 67.2 cm³/mol. The molecule has 0 aromatic carbocycles. The number of hydrogen-bond acceptors (Lipinski definition) is 3. The van der Waals surface area contributed by atoms with E-state index in [4.69, 9.17) is 9.84 Å². The van der Waals surface area contributed by atoms with Crippen LogP contribution in [0.25, 0.3) is 0 Å². The van der Waals surface area contributed by atoms with Gasteiger partial charge in [-0.3, -0.25) is 9.59 Å². The van der Waals surface area contributed by atoms with Gasteiger partial charge in [0.2, 0.25) is 5.91 Å². The van der Waals surface area contributed by atoms with E-state index in [1.807, 2.05) is 0 Å². The fourth-order valence-electron chi connectivity index (χ4n) is 2.30. The van der Waals surface area contributed by atoms with Crippen molar-refractivity contribution in [3.8, 4) is 0 Å². The topological polar surface area (TPSA) is 75.6 Å². The molecule has 18 heavy (non-hydrogen) atoms. The van der Waals surface area contributed by atoms with Crippen LogP contribution in [0.5, 0.6) is 0 Å². The Bertz CT molecular complexity index is 285. The number of ether oxygens (including phenoxy) is 1. The van der Waals surface area contributed by atoms with E-state index in [9.17, 15) is 9.59 Å². The molecule has 1 saturated heterocycles. The van der Waals surface area contributed by atoms with Gasteiger partial charge in [-0.05, 0) is 31.1 Å². The van der Waals surface area contributed by atoms with Gasteiger partial charge in [-0.15, -0.1) is 0 Å². The van der Waals surface area contributed by atoms with Gasteiger partial charge >= 0.3 is 5.97 Å². The number of rotatable bonds is 7. The second-order valence-electron chi connectivity index (χ2n) is 5.34. The Kier molecular flexibility index (Phi) is 6.12. The summed E-state index contributed by atoms with van der Waals surface area (Å²) in [5, 5.41) is 11.6. The standard InChI is InChI=1S/C13H23NO4/c1-9(2)6-10(7-12(15)16)8-14-13(17)11-4-3-5-18-11/h9-11H,3-8H2,1-2H3,(H,14,17)(H,15,16)/t10-,11?/m0/s1. The molecule has 1 fully saturated rings. The van der Waals surface area contributed by atoms with Crippen LogP contribution in [-0.4, -0.2) is 36.2 Å². The molecule has 2 N–H and O–H groups in total. The molecular weight excluding hydrogens is 234 g/mol. The summed E-state index contributed by atoms with van der Waals surface area (Å²) in [5.41, 5.74) is 0. The first-order chi connectivity index (χ1) is 8.49. The average molecular weight is 257 g/mol. The summed E-state index contributed by atoms with van der Waals surface area (Å²) in [6.45, 7) is 5.17. The Morgan fingerprint density at radius 1 is 1.44 bits per heavy atom. The zero-order chi connectivity index (χ0) is 13.5. The smallest absolute Gasteiger partial charge is 0.303 e. The zero-order valence-electron chi connectivity index (χ0n) is 11.1. The highest BCUT2D eigenvalue weighted by atomic mass is 16.5. The second kappa shape index (κ2) is 7.36. The Hall–Kier alpha value is -1.10. The molecular formula is C13H23NO4. The molecule has 1 aliphatic heterocycles. The van der Waals surface area contributed by atoms with Gasteiger partial charge in [0.25, 0.3) is 0 Å². The monoisotopic (exact) mass is 257 g/mol. The van der Waals surface area contributed by atoms with Crippen LogP contribution in [0.1, 0.15) is 39.5 Å². The van der Waals surface area contributed by atoms with Gasteiger partial charge < -0.3 is 15.2 Å². The molecule has 0 aromatic heterocycles. The molecule has 104 valence electrons. The largest absolute Gasteiger partial charge is 0.481 e. The van der Waals surface area contributed by atoms with Crippen molar-refractivity contribution < 1.29 is 19.4 Å². The van der Waals surface area contributed by atoms with Gasteiger partial charge in [0.1, 0.15) is 6.10 Å². The minimum absolute atomic E-state index is 0.00662. The van der Waals surface area contributed by atoms with Crippen LogP contribution in [0.2, 0.25) is 0 Å². The number of carbonyl (C=O) groups excluding carboxylic acids is 1. The summed E-state index contributed by atoms with van der Waals surface area (Å²) in [4.78, 5) is 22.5. The van der Waals surface area contributed by atoms with Gasteiger partial charge in [-0.1, -0.05) is 13.8 Å². The SMILES string of the molecule is CC(C)C[C@H](CNC(=O)C1CCCO1)CC(=O)O. The van der Waals surface area contributed by atoms with Crippen molar-refractivity contribution in [3.05, 3.63) is 0 Å². The van der Waals surface area contributed by atoms with E-state index in [0.717, 1.165) is 19.3 Å². The molecule has 1 rings (SSSR count). The highest BCUT2D eigenvalue weighted by Gasteiger charge is 2.24. The van der Waals surface area contributed by atoms with Crippen LogP contribution < -0.4 is 5.32 Å². The third kappa shape index (κ3) is 5.49. The molecule has 0 aliphatic carbocycles. The number of amides is 1. The lowest BCUT2D eigenvalue weighted by molar-refractivity contribution is -0.138. The number of aliphatic carboxylic acids is 1. The molecule has 1 heterocycles. The molecule has 0 saturated carbocycles. The van der Waals surface area contributed by atoms with Gasteiger partial charge in [0.05, 0.1) is 0 Å². The molecule has 1 aliphatic rings. The second-order valence-corrected chi connectivity index (χ2v) is 5.34. The van der Waals surface area contributed by atoms with Crippen LogP contribution in [0, 0.1) is 11.8 Å². The molecule has 0 radical (unpaired) electrons. The third-order valence-electron chi connectivity index (χ3n) is 3.06. The summed E-state index contributed by atoms with van der Waals surface area (Å²) in [6.07, 6.45) is 2.25. The number of hydrogen-bond donors (Lipinski definition) is 2. The molecule has 1 amide bonds. The third-order valence-corrected chi connectivity index (χ3v) is 3.06. The van der Waals surface area contributed by atoms with Crippen LogP contribution in [0.4, 0.5) is 0 Å². The maximum atomic E-state index is 11.7. The number of nitrogens with one attached hydrogen (secondary N) is 1. The molecule has 5 nitrogen and oxygen atoms in total. The lowest BCUT2D eigenvalue weighted by Gasteiger charge is -2.19. The van der Waals surface area contributed by atoms with E-state index in [-0.39, 0.29) is 24.3 Å². The van der Waals surface area contributed by atoms with Crippen molar-refractivity contribution in [2.24, 2.45) is 11.8 Å². The van der Waals surface area contributed by atoms with E-state index < -0.39 is 5.97 Å². The summed E-state index contributed by atoms with van der Waals surface area (Å²) in [6, 6.07) is 0. The Balaban J connectivity index is 2.35. The first kappa shape index (κ1) is 15.0. The van der Waals surface area contributed by atoms with E-state index >= 15 is 0 Å². The molecule has 2 atom stereocenters. The minimum atomic E-state index is -0.813. The maximum absolute atomic E-state index is 11.7. The lowest BCUT2D eigenvalue weighted by atomic mass is 9.94. The molecule has 0 aromatic rings. The molecule has 0 bridgehead atoms. The van der Waals surface area contributed by atoms with E-state index in [2.05, 4.69) is 19.2 Å².